The predicted molar refractivity (Wildman–Crippen MR) is 42.3 cm³/mol. The maximum atomic E-state index is 5.34. The van der Waals surface area contributed by atoms with Crippen LogP contribution in [0.5, 0.6) is 0 Å². The lowest BCUT2D eigenvalue weighted by molar-refractivity contribution is -0.444. The van der Waals surface area contributed by atoms with Gasteiger partial charge in [-0.15, -0.1) is 0 Å². The van der Waals surface area contributed by atoms with Gasteiger partial charge in [0, 0.05) is 0 Å². The average Bonchev–Trinajstić information content (AvgIpc) is 2.58. The van der Waals surface area contributed by atoms with Crippen LogP contribution in [0.25, 0.3) is 0 Å². The van der Waals surface area contributed by atoms with Gasteiger partial charge in [-0.1, -0.05) is 18.2 Å². The first kappa shape index (κ1) is 6.40. The molecule has 2 nitrogen and oxygen atoms in total. The summed E-state index contributed by atoms with van der Waals surface area (Å²) in [6.07, 6.45) is 0. The second-order valence-electron chi connectivity index (χ2n) is 2.47. The second-order valence-corrected chi connectivity index (χ2v) is 2.47. The fourth-order valence-electron chi connectivity index (χ4n) is 1.14. The van der Waals surface area contributed by atoms with Crippen LogP contribution in [0.2, 0.25) is 0 Å². The van der Waals surface area contributed by atoms with Gasteiger partial charge < -0.3 is 4.74 Å². The highest BCUT2D eigenvalue weighted by Crippen LogP contribution is 1.99. The molecule has 0 unspecified atom stereocenters. The van der Waals surface area contributed by atoms with E-state index in [0.29, 0.717) is 0 Å². The maximum Gasteiger partial charge on any atom is 0.368 e. The Hall–Kier alpha value is -1.31. The summed E-state index contributed by atoms with van der Waals surface area (Å²) in [7, 11) is 0. The van der Waals surface area contributed by atoms with Crippen LogP contribution in [0.3, 0.4) is 0 Å². The van der Waals surface area contributed by atoms with E-state index in [1.807, 2.05) is 30.3 Å². The molecule has 0 atom stereocenters. The summed E-state index contributed by atoms with van der Waals surface area (Å²) < 4.78 is 5.34. The maximum absolute atomic E-state index is 5.34. The van der Waals surface area contributed by atoms with Crippen molar-refractivity contribution in [2.45, 2.75) is 0 Å². The molecule has 0 aromatic heterocycles. The number of benzene rings is 1. The smallest absolute Gasteiger partial charge is 0.368 e. The molecule has 0 radical (unpaired) electrons. The van der Waals surface area contributed by atoms with Gasteiger partial charge in [0.1, 0.15) is 0 Å². The summed E-state index contributed by atoms with van der Waals surface area (Å²) in [5.41, 5.74) is 1.13. The van der Waals surface area contributed by atoms with Crippen molar-refractivity contribution in [3.8, 4) is 0 Å². The Labute approximate surface area is 65.5 Å². The highest BCUT2D eigenvalue weighted by atomic mass is 16.5. The van der Waals surface area contributed by atoms with Gasteiger partial charge >= 0.3 is 5.90 Å². The minimum absolute atomic E-state index is 0.782. The second kappa shape index (κ2) is 2.74. The van der Waals surface area contributed by atoms with Crippen LogP contribution in [-0.2, 0) is 4.74 Å². The van der Waals surface area contributed by atoms with E-state index < -0.39 is 0 Å². The predicted octanol–water partition coefficient (Wildman–Crippen LogP) is -0.456. The van der Waals surface area contributed by atoms with Gasteiger partial charge in [0.25, 0.3) is 0 Å². The molecule has 0 saturated carbocycles. The fraction of sp³-hybridized carbons (Fsp3) is 0.222. The van der Waals surface area contributed by atoms with Gasteiger partial charge in [-0.05, 0) is 12.1 Å². The van der Waals surface area contributed by atoms with E-state index in [4.69, 9.17) is 4.74 Å². The molecule has 0 amide bonds. The first-order chi connectivity index (χ1) is 5.47. The van der Waals surface area contributed by atoms with Crippen LogP contribution in [0.1, 0.15) is 5.56 Å². The van der Waals surface area contributed by atoms with E-state index >= 15 is 0 Å². The minimum atomic E-state index is 0.782. The number of nitrogens with one attached hydrogen (secondary N) is 1. The largest absolute Gasteiger partial charge is 0.438 e. The highest BCUT2D eigenvalue weighted by molar-refractivity contribution is 5.89. The quantitative estimate of drug-likeness (QED) is 0.572. The van der Waals surface area contributed by atoms with Gasteiger partial charge in [-0.3, -0.25) is 0 Å². The summed E-state index contributed by atoms with van der Waals surface area (Å²) in [6, 6.07) is 10.1. The van der Waals surface area contributed by atoms with Crippen LogP contribution >= 0.6 is 0 Å². The van der Waals surface area contributed by atoms with Crippen molar-refractivity contribution in [2.24, 2.45) is 0 Å². The fourth-order valence-corrected chi connectivity index (χ4v) is 1.14. The molecular weight excluding hydrogens is 138 g/mol. The van der Waals surface area contributed by atoms with Crippen molar-refractivity contribution in [3.05, 3.63) is 35.9 Å². The Morgan fingerprint density at radius 2 is 2.00 bits per heavy atom. The van der Waals surface area contributed by atoms with Crippen LogP contribution in [0.15, 0.2) is 30.3 Å². The molecule has 2 heteroatoms. The standard InChI is InChI=1S/C9H9NO/c1-2-4-8(5-3-1)9-10-6-7-11-9/h1-5H,6-7H2/p+1. The van der Waals surface area contributed by atoms with Gasteiger partial charge in [-0.25, -0.2) is 4.99 Å². The number of hydrogen-bond acceptors (Lipinski definition) is 1. The van der Waals surface area contributed by atoms with E-state index in [2.05, 4.69) is 4.99 Å². The Bertz CT molecular complexity index is 266. The SMILES string of the molecule is c1ccc(C2=[NH+]CCO2)cc1. The molecule has 0 spiro atoms. The lowest BCUT2D eigenvalue weighted by atomic mass is 10.2. The summed E-state index contributed by atoms with van der Waals surface area (Å²) in [5.74, 6) is 0.908. The third-order valence-corrected chi connectivity index (χ3v) is 1.67. The van der Waals surface area contributed by atoms with Gasteiger partial charge in [0.2, 0.25) is 0 Å². The Morgan fingerprint density at radius 3 is 2.64 bits per heavy atom. The Balaban J connectivity index is 2.29. The van der Waals surface area contributed by atoms with Crippen molar-refractivity contribution < 1.29 is 9.73 Å². The van der Waals surface area contributed by atoms with Crippen LogP contribution in [-0.4, -0.2) is 19.0 Å². The molecule has 1 aromatic rings. The molecule has 1 aliphatic heterocycles. The van der Waals surface area contributed by atoms with Gasteiger partial charge in [-0.2, -0.15) is 0 Å². The zero-order valence-corrected chi connectivity index (χ0v) is 6.21. The van der Waals surface area contributed by atoms with Crippen molar-refractivity contribution in [1.29, 1.82) is 0 Å². The van der Waals surface area contributed by atoms with Crippen LogP contribution < -0.4 is 4.99 Å². The van der Waals surface area contributed by atoms with E-state index in [1.165, 1.54) is 0 Å². The zero-order valence-electron chi connectivity index (χ0n) is 6.21. The van der Waals surface area contributed by atoms with Gasteiger partial charge in [0.05, 0.1) is 5.56 Å². The minimum Gasteiger partial charge on any atom is -0.438 e. The molecule has 0 bridgehead atoms. The van der Waals surface area contributed by atoms with Crippen molar-refractivity contribution in [1.82, 2.24) is 0 Å². The van der Waals surface area contributed by atoms with Crippen molar-refractivity contribution in [3.63, 3.8) is 0 Å². The third-order valence-electron chi connectivity index (χ3n) is 1.67. The molecule has 0 saturated heterocycles. The lowest BCUT2D eigenvalue weighted by Crippen LogP contribution is -2.70. The first-order valence-corrected chi connectivity index (χ1v) is 3.76. The van der Waals surface area contributed by atoms with Crippen molar-refractivity contribution >= 4 is 5.90 Å². The molecule has 1 heterocycles. The lowest BCUT2D eigenvalue weighted by Gasteiger charge is -1.93. The monoisotopic (exact) mass is 148 g/mol. The topological polar surface area (TPSA) is 23.2 Å². The molecule has 1 aliphatic rings. The summed E-state index contributed by atoms with van der Waals surface area (Å²) >= 11 is 0. The summed E-state index contributed by atoms with van der Waals surface area (Å²) in [5, 5.41) is 0. The molecule has 2 rings (SSSR count). The third kappa shape index (κ3) is 1.24. The zero-order chi connectivity index (χ0) is 7.52. The molecule has 1 N–H and O–H groups in total. The molecular formula is C9H10NO+. The molecule has 0 fully saturated rings. The number of rotatable bonds is 1. The molecule has 11 heavy (non-hydrogen) atoms. The number of ether oxygens (including phenoxy) is 1. The van der Waals surface area contributed by atoms with E-state index in [9.17, 15) is 0 Å². The average molecular weight is 148 g/mol. The van der Waals surface area contributed by atoms with Crippen LogP contribution in [0.4, 0.5) is 0 Å². The molecule has 1 aromatic carbocycles. The Kier molecular flexibility index (Phi) is 1.60. The first-order valence-electron chi connectivity index (χ1n) is 3.76. The molecule has 0 aliphatic carbocycles. The summed E-state index contributed by atoms with van der Waals surface area (Å²) in [4.78, 5) is 3.17. The molecule has 56 valence electrons. The summed E-state index contributed by atoms with van der Waals surface area (Å²) in [6.45, 7) is 1.70. The van der Waals surface area contributed by atoms with E-state index in [0.717, 1.165) is 24.6 Å². The normalized spacial score (nSPS) is 15.8. The highest BCUT2D eigenvalue weighted by Gasteiger charge is 2.15. The Morgan fingerprint density at radius 1 is 1.18 bits per heavy atom. The van der Waals surface area contributed by atoms with E-state index in [-0.39, 0.29) is 0 Å². The van der Waals surface area contributed by atoms with Gasteiger partial charge in [0.15, 0.2) is 13.2 Å². The number of hydrogen-bond donors (Lipinski definition) is 1. The van der Waals surface area contributed by atoms with E-state index in [1.54, 1.807) is 0 Å². The van der Waals surface area contributed by atoms with Crippen LogP contribution in [0, 0.1) is 0 Å². The van der Waals surface area contributed by atoms with Crippen molar-refractivity contribution in [2.75, 3.05) is 13.2 Å².